The molecule has 2 heterocycles. The van der Waals surface area contributed by atoms with Crippen molar-refractivity contribution in [3.8, 4) is 0 Å². The van der Waals surface area contributed by atoms with Gasteiger partial charge in [0.1, 0.15) is 0 Å². The first-order chi connectivity index (χ1) is 7.43. The van der Waals surface area contributed by atoms with Gasteiger partial charge < -0.3 is 9.47 Å². The van der Waals surface area contributed by atoms with E-state index in [0.717, 1.165) is 16.5 Å². The topological polar surface area (TPSA) is 31.4 Å². The first-order valence-electron chi connectivity index (χ1n) is 5.01. The lowest BCUT2D eigenvalue weighted by atomic mass is 10.1. The zero-order valence-electron chi connectivity index (χ0n) is 8.22. The second-order valence-electron chi connectivity index (χ2n) is 3.53. The standard InChI is InChI=1S/C12H11NO2/c1-2-9-8-10(12-14-6-7-15-12)3-4-11(9)13-5-1/h1-5,8,12H,6-7H2. The summed E-state index contributed by atoms with van der Waals surface area (Å²) in [4.78, 5) is 4.27. The van der Waals surface area contributed by atoms with Crippen molar-refractivity contribution in [1.29, 1.82) is 0 Å². The second-order valence-corrected chi connectivity index (χ2v) is 3.53. The summed E-state index contributed by atoms with van der Waals surface area (Å²) in [6.45, 7) is 1.35. The molecule has 0 bridgehead atoms. The molecular weight excluding hydrogens is 190 g/mol. The summed E-state index contributed by atoms with van der Waals surface area (Å²) in [5, 5.41) is 1.12. The summed E-state index contributed by atoms with van der Waals surface area (Å²) < 4.78 is 10.9. The maximum Gasteiger partial charge on any atom is 0.184 e. The molecule has 0 spiro atoms. The molecule has 1 saturated heterocycles. The Labute approximate surface area is 87.6 Å². The van der Waals surface area contributed by atoms with E-state index < -0.39 is 0 Å². The lowest BCUT2D eigenvalue weighted by molar-refractivity contribution is -0.0440. The number of hydrogen-bond acceptors (Lipinski definition) is 3. The van der Waals surface area contributed by atoms with E-state index in [1.807, 2.05) is 24.3 Å². The minimum absolute atomic E-state index is 0.199. The monoisotopic (exact) mass is 201 g/mol. The average Bonchev–Trinajstić information content (AvgIpc) is 2.82. The maximum absolute atomic E-state index is 5.45. The fourth-order valence-corrected chi connectivity index (χ4v) is 1.79. The molecule has 76 valence electrons. The molecule has 1 aromatic carbocycles. The van der Waals surface area contributed by atoms with E-state index in [1.165, 1.54) is 0 Å². The van der Waals surface area contributed by atoms with Gasteiger partial charge in [0.05, 0.1) is 18.7 Å². The second kappa shape index (κ2) is 3.61. The molecule has 0 aliphatic carbocycles. The van der Waals surface area contributed by atoms with Crippen LogP contribution in [0.2, 0.25) is 0 Å². The van der Waals surface area contributed by atoms with Gasteiger partial charge in [-0.25, -0.2) is 0 Å². The van der Waals surface area contributed by atoms with Crippen LogP contribution in [-0.4, -0.2) is 18.2 Å². The lowest BCUT2D eigenvalue weighted by Crippen LogP contribution is -1.97. The lowest BCUT2D eigenvalue weighted by Gasteiger charge is -2.09. The number of pyridine rings is 1. The molecule has 15 heavy (non-hydrogen) atoms. The van der Waals surface area contributed by atoms with Crippen molar-refractivity contribution in [2.45, 2.75) is 6.29 Å². The smallest absolute Gasteiger partial charge is 0.184 e. The van der Waals surface area contributed by atoms with Gasteiger partial charge in [0.25, 0.3) is 0 Å². The molecule has 0 unspecified atom stereocenters. The fourth-order valence-electron chi connectivity index (χ4n) is 1.79. The number of aromatic nitrogens is 1. The van der Waals surface area contributed by atoms with Crippen LogP contribution < -0.4 is 0 Å². The number of rotatable bonds is 1. The average molecular weight is 201 g/mol. The van der Waals surface area contributed by atoms with Gasteiger partial charge in [0.2, 0.25) is 0 Å². The highest BCUT2D eigenvalue weighted by Gasteiger charge is 2.18. The molecule has 0 radical (unpaired) electrons. The quantitative estimate of drug-likeness (QED) is 0.709. The molecule has 1 fully saturated rings. The van der Waals surface area contributed by atoms with Gasteiger partial charge in [-0.3, -0.25) is 4.98 Å². The van der Waals surface area contributed by atoms with Crippen molar-refractivity contribution in [3.63, 3.8) is 0 Å². The third-order valence-corrected chi connectivity index (χ3v) is 2.52. The van der Waals surface area contributed by atoms with Crippen LogP contribution in [0.15, 0.2) is 36.5 Å². The largest absolute Gasteiger partial charge is 0.346 e. The number of hydrogen-bond donors (Lipinski definition) is 0. The van der Waals surface area contributed by atoms with Gasteiger partial charge in [-0.15, -0.1) is 0 Å². The van der Waals surface area contributed by atoms with Gasteiger partial charge in [0.15, 0.2) is 6.29 Å². The van der Waals surface area contributed by atoms with E-state index in [4.69, 9.17) is 9.47 Å². The zero-order chi connectivity index (χ0) is 10.1. The predicted octanol–water partition coefficient (Wildman–Crippen LogP) is 2.28. The van der Waals surface area contributed by atoms with Crippen LogP contribution in [0.5, 0.6) is 0 Å². The highest BCUT2D eigenvalue weighted by Crippen LogP contribution is 2.25. The van der Waals surface area contributed by atoms with Crippen molar-refractivity contribution in [2.24, 2.45) is 0 Å². The van der Waals surface area contributed by atoms with Gasteiger partial charge in [-0.2, -0.15) is 0 Å². The van der Waals surface area contributed by atoms with E-state index in [0.29, 0.717) is 13.2 Å². The highest BCUT2D eigenvalue weighted by molar-refractivity contribution is 5.78. The van der Waals surface area contributed by atoms with Crippen LogP contribution >= 0.6 is 0 Å². The molecule has 3 rings (SSSR count). The van der Waals surface area contributed by atoms with Crippen LogP contribution in [0.4, 0.5) is 0 Å². The molecule has 3 nitrogen and oxygen atoms in total. The Hall–Kier alpha value is -1.45. The van der Waals surface area contributed by atoms with Crippen LogP contribution in [0.25, 0.3) is 10.9 Å². The summed E-state index contributed by atoms with van der Waals surface area (Å²) in [6, 6.07) is 10.0. The van der Waals surface area contributed by atoms with E-state index in [-0.39, 0.29) is 6.29 Å². The zero-order valence-corrected chi connectivity index (χ0v) is 8.22. The van der Waals surface area contributed by atoms with Crippen molar-refractivity contribution >= 4 is 10.9 Å². The number of benzene rings is 1. The molecule has 3 heteroatoms. The summed E-state index contributed by atoms with van der Waals surface area (Å²) in [7, 11) is 0. The van der Waals surface area contributed by atoms with Crippen LogP contribution in [-0.2, 0) is 9.47 Å². The maximum atomic E-state index is 5.45. The van der Waals surface area contributed by atoms with E-state index in [9.17, 15) is 0 Å². The Morgan fingerprint density at radius 1 is 1.13 bits per heavy atom. The molecule has 0 atom stereocenters. The molecule has 0 saturated carbocycles. The third kappa shape index (κ3) is 1.60. The minimum atomic E-state index is -0.199. The summed E-state index contributed by atoms with van der Waals surface area (Å²) in [5.74, 6) is 0. The Morgan fingerprint density at radius 2 is 2.00 bits per heavy atom. The third-order valence-electron chi connectivity index (χ3n) is 2.52. The van der Waals surface area contributed by atoms with Gasteiger partial charge in [-0.05, 0) is 18.2 Å². The predicted molar refractivity (Wildman–Crippen MR) is 56.4 cm³/mol. The number of nitrogens with zero attached hydrogens (tertiary/aromatic N) is 1. The first kappa shape index (κ1) is 8.83. The van der Waals surface area contributed by atoms with E-state index >= 15 is 0 Å². The van der Waals surface area contributed by atoms with Crippen LogP contribution in [0.1, 0.15) is 11.9 Å². The van der Waals surface area contributed by atoms with Crippen LogP contribution in [0.3, 0.4) is 0 Å². The SMILES string of the molecule is c1cnc2ccc(C3OCCO3)cc2c1. The molecular formula is C12H11NO2. The summed E-state index contributed by atoms with van der Waals surface area (Å²) in [6.07, 6.45) is 1.60. The van der Waals surface area contributed by atoms with Crippen molar-refractivity contribution in [1.82, 2.24) is 4.98 Å². The Morgan fingerprint density at radius 3 is 2.87 bits per heavy atom. The van der Waals surface area contributed by atoms with Crippen molar-refractivity contribution in [2.75, 3.05) is 13.2 Å². The molecule has 2 aromatic rings. The normalized spacial score (nSPS) is 17.3. The van der Waals surface area contributed by atoms with Crippen molar-refractivity contribution in [3.05, 3.63) is 42.1 Å². The molecule has 1 aromatic heterocycles. The number of ether oxygens (including phenoxy) is 2. The van der Waals surface area contributed by atoms with Crippen LogP contribution in [0, 0.1) is 0 Å². The Balaban J connectivity index is 2.05. The van der Waals surface area contributed by atoms with Crippen molar-refractivity contribution < 1.29 is 9.47 Å². The highest BCUT2D eigenvalue weighted by atomic mass is 16.7. The van der Waals surface area contributed by atoms with Gasteiger partial charge in [0, 0.05) is 17.1 Å². The first-order valence-corrected chi connectivity index (χ1v) is 5.01. The van der Waals surface area contributed by atoms with E-state index in [1.54, 1.807) is 6.20 Å². The summed E-state index contributed by atoms with van der Waals surface area (Å²) in [5.41, 5.74) is 2.06. The minimum Gasteiger partial charge on any atom is -0.346 e. The molecule has 1 aliphatic rings. The Bertz CT molecular complexity index is 478. The molecule has 0 amide bonds. The summed E-state index contributed by atoms with van der Waals surface area (Å²) >= 11 is 0. The Kier molecular flexibility index (Phi) is 2.12. The number of fused-ring (bicyclic) bond motifs is 1. The van der Waals surface area contributed by atoms with E-state index in [2.05, 4.69) is 11.1 Å². The van der Waals surface area contributed by atoms with Gasteiger partial charge in [-0.1, -0.05) is 12.1 Å². The fraction of sp³-hybridized carbons (Fsp3) is 0.250. The molecule has 1 aliphatic heterocycles. The molecule has 0 N–H and O–H groups in total. The van der Waals surface area contributed by atoms with Gasteiger partial charge >= 0.3 is 0 Å².